The van der Waals surface area contributed by atoms with Crippen molar-refractivity contribution in [2.24, 2.45) is 5.84 Å². The Hall–Kier alpha value is -1.55. The molecule has 2 aromatic carbocycles. The molecular weight excluding hydrogens is 272 g/mol. The first-order valence-electron chi connectivity index (χ1n) is 6.44. The van der Waals surface area contributed by atoms with E-state index >= 15 is 0 Å². The quantitative estimate of drug-likeness (QED) is 0.669. The maximum Gasteiger partial charge on any atom is 0.122 e. The number of hydrazine groups is 1. The van der Waals surface area contributed by atoms with Crippen LogP contribution < -0.4 is 16.0 Å². The molecule has 0 aliphatic rings. The van der Waals surface area contributed by atoms with E-state index in [1.54, 1.807) is 7.11 Å². The molecule has 0 amide bonds. The molecule has 0 heterocycles. The highest BCUT2D eigenvalue weighted by atomic mass is 35.5. The molecule has 106 valence electrons. The minimum Gasteiger partial charge on any atom is -0.496 e. The zero-order valence-corrected chi connectivity index (χ0v) is 12.7. The number of nitrogens with two attached hydrogens (primary N) is 1. The summed E-state index contributed by atoms with van der Waals surface area (Å²) < 4.78 is 5.35. The number of hydrogen-bond donors (Lipinski definition) is 2. The minimum atomic E-state index is -0.145. The second kappa shape index (κ2) is 6.27. The molecule has 0 aliphatic heterocycles. The van der Waals surface area contributed by atoms with Crippen molar-refractivity contribution in [3.8, 4) is 5.75 Å². The van der Waals surface area contributed by atoms with Gasteiger partial charge in [-0.15, -0.1) is 0 Å². The average Bonchev–Trinajstić information content (AvgIpc) is 2.45. The number of hydrogen-bond acceptors (Lipinski definition) is 3. The first kappa shape index (κ1) is 14.9. The van der Waals surface area contributed by atoms with Crippen molar-refractivity contribution in [3.63, 3.8) is 0 Å². The topological polar surface area (TPSA) is 47.3 Å². The van der Waals surface area contributed by atoms with E-state index < -0.39 is 0 Å². The molecular formula is C16H19ClN2O. The van der Waals surface area contributed by atoms with Gasteiger partial charge in [-0.05, 0) is 48.2 Å². The average molecular weight is 291 g/mol. The Morgan fingerprint density at radius 1 is 1.10 bits per heavy atom. The zero-order chi connectivity index (χ0) is 14.7. The molecule has 2 aromatic rings. The molecule has 1 atom stereocenters. The van der Waals surface area contributed by atoms with Crippen molar-refractivity contribution in [3.05, 3.63) is 63.7 Å². The molecule has 0 aromatic heterocycles. The third kappa shape index (κ3) is 2.80. The first-order valence-corrected chi connectivity index (χ1v) is 6.82. The summed E-state index contributed by atoms with van der Waals surface area (Å²) in [5, 5.41) is 0.698. The van der Waals surface area contributed by atoms with Crippen LogP contribution in [0.5, 0.6) is 5.75 Å². The van der Waals surface area contributed by atoms with E-state index in [1.807, 2.05) is 44.2 Å². The van der Waals surface area contributed by atoms with Crippen LogP contribution in [0.4, 0.5) is 0 Å². The van der Waals surface area contributed by atoms with Crippen LogP contribution >= 0.6 is 11.6 Å². The fraction of sp³-hybridized carbons (Fsp3) is 0.250. The fourth-order valence-electron chi connectivity index (χ4n) is 2.40. The van der Waals surface area contributed by atoms with Crippen LogP contribution in [0, 0.1) is 13.8 Å². The van der Waals surface area contributed by atoms with Gasteiger partial charge in [0.1, 0.15) is 5.75 Å². The molecule has 0 fully saturated rings. The second-order valence-corrected chi connectivity index (χ2v) is 5.21. The van der Waals surface area contributed by atoms with Gasteiger partial charge in [0, 0.05) is 5.02 Å². The highest BCUT2D eigenvalue weighted by Gasteiger charge is 2.18. The summed E-state index contributed by atoms with van der Waals surface area (Å²) in [7, 11) is 1.67. The summed E-state index contributed by atoms with van der Waals surface area (Å²) in [5.41, 5.74) is 7.09. The minimum absolute atomic E-state index is 0.145. The summed E-state index contributed by atoms with van der Waals surface area (Å²) in [5.74, 6) is 6.63. The number of ether oxygens (including phenoxy) is 1. The van der Waals surface area contributed by atoms with Crippen LogP contribution in [0.3, 0.4) is 0 Å². The lowest BCUT2D eigenvalue weighted by Crippen LogP contribution is -2.29. The standard InChI is InChI=1S/C16H19ClN2O/c1-10-9-15(20-3)11(2)8-13(10)16(19-18)12-6-4-5-7-14(12)17/h4-9,16,19H,18H2,1-3H3. The third-order valence-electron chi connectivity index (χ3n) is 3.48. The third-order valence-corrected chi connectivity index (χ3v) is 3.82. The highest BCUT2D eigenvalue weighted by molar-refractivity contribution is 6.31. The predicted molar refractivity (Wildman–Crippen MR) is 83.1 cm³/mol. The molecule has 0 spiro atoms. The molecule has 0 saturated carbocycles. The van der Waals surface area contributed by atoms with E-state index in [0.29, 0.717) is 5.02 Å². The van der Waals surface area contributed by atoms with E-state index in [2.05, 4.69) is 11.5 Å². The predicted octanol–water partition coefficient (Wildman–Crippen LogP) is 3.52. The fourth-order valence-corrected chi connectivity index (χ4v) is 2.64. The molecule has 4 heteroatoms. The van der Waals surface area contributed by atoms with E-state index in [1.165, 1.54) is 0 Å². The maximum absolute atomic E-state index is 6.28. The van der Waals surface area contributed by atoms with Gasteiger partial charge in [-0.1, -0.05) is 35.9 Å². The lowest BCUT2D eigenvalue weighted by atomic mass is 9.93. The molecule has 1 unspecified atom stereocenters. The number of benzene rings is 2. The summed E-state index contributed by atoms with van der Waals surface area (Å²) in [6.45, 7) is 4.06. The van der Waals surface area contributed by atoms with E-state index in [9.17, 15) is 0 Å². The Kier molecular flexibility index (Phi) is 4.65. The molecule has 2 rings (SSSR count). The van der Waals surface area contributed by atoms with E-state index in [-0.39, 0.29) is 6.04 Å². The van der Waals surface area contributed by atoms with Crippen LogP contribution in [0.15, 0.2) is 36.4 Å². The summed E-state index contributed by atoms with van der Waals surface area (Å²) in [6, 6.07) is 11.7. The van der Waals surface area contributed by atoms with Gasteiger partial charge in [-0.25, -0.2) is 5.43 Å². The molecule has 0 radical (unpaired) electrons. The Bertz CT molecular complexity index is 613. The summed E-state index contributed by atoms with van der Waals surface area (Å²) in [6.07, 6.45) is 0. The molecule has 3 nitrogen and oxygen atoms in total. The summed E-state index contributed by atoms with van der Waals surface area (Å²) >= 11 is 6.28. The van der Waals surface area contributed by atoms with Crippen LogP contribution in [-0.2, 0) is 0 Å². The number of nitrogens with one attached hydrogen (secondary N) is 1. The Morgan fingerprint density at radius 3 is 2.40 bits per heavy atom. The lowest BCUT2D eigenvalue weighted by Gasteiger charge is -2.21. The van der Waals surface area contributed by atoms with Crippen LogP contribution in [-0.4, -0.2) is 7.11 Å². The Balaban J connectivity index is 2.53. The van der Waals surface area contributed by atoms with E-state index in [0.717, 1.165) is 28.0 Å². The molecule has 20 heavy (non-hydrogen) atoms. The van der Waals surface area contributed by atoms with Crippen LogP contribution in [0.1, 0.15) is 28.3 Å². The van der Waals surface area contributed by atoms with Gasteiger partial charge in [0.2, 0.25) is 0 Å². The van der Waals surface area contributed by atoms with Crippen molar-refractivity contribution in [2.75, 3.05) is 7.11 Å². The number of rotatable bonds is 4. The number of halogens is 1. The lowest BCUT2D eigenvalue weighted by molar-refractivity contribution is 0.411. The van der Waals surface area contributed by atoms with Gasteiger partial charge in [0.15, 0.2) is 0 Å². The first-order chi connectivity index (χ1) is 9.58. The zero-order valence-electron chi connectivity index (χ0n) is 11.9. The van der Waals surface area contributed by atoms with Crippen molar-refractivity contribution in [2.45, 2.75) is 19.9 Å². The largest absolute Gasteiger partial charge is 0.496 e. The highest BCUT2D eigenvalue weighted by Crippen LogP contribution is 2.32. The monoisotopic (exact) mass is 290 g/mol. The Labute approximate surface area is 124 Å². The molecule has 0 aliphatic carbocycles. The molecule has 0 saturated heterocycles. The van der Waals surface area contributed by atoms with Crippen LogP contribution in [0.25, 0.3) is 0 Å². The maximum atomic E-state index is 6.28. The Morgan fingerprint density at radius 2 is 1.80 bits per heavy atom. The van der Waals surface area contributed by atoms with Crippen molar-refractivity contribution in [1.29, 1.82) is 0 Å². The van der Waals surface area contributed by atoms with Gasteiger partial charge in [-0.2, -0.15) is 0 Å². The van der Waals surface area contributed by atoms with Gasteiger partial charge in [0.05, 0.1) is 13.2 Å². The van der Waals surface area contributed by atoms with Gasteiger partial charge >= 0.3 is 0 Å². The number of aryl methyl sites for hydroxylation is 2. The smallest absolute Gasteiger partial charge is 0.122 e. The van der Waals surface area contributed by atoms with Crippen molar-refractivity contribution in [1.82, 2.24) is 5.43 Å². The van der Waals surface area contributed by atoms with Crippen molar-refractivity contribution >= 4 is 11.6 Å². The van der Waals surface area contributed by atoms with E-state index in [4.69, 9.17) is 22.2 Å². The summed E-state index contributed by atoms with van der Waals surface area (Å²) in [4.78, 5) is 0. The SMILES string of the molecule is COc1cc(C)c(C(NN)c2ccccc2Cl)cc1C. The molecule has 3 N–H and O–H groups in total. The normalized spacial score (nSPS) is 12.2. The van der Waals surface area contributed by atoms with Gasteiger partial charge in [-0.3, -0.25) is 5.84 Å². The molecule has 0 bridgehead atoms. The number of methoxy groups -OCH3 is 1. The van der Waals surface area contributed by atoms with Crippen molar-refractivity contribution < 1.29 is 4.74 Å². The van der Waals surface area contributed by atoms with Gasteiger partial charge < -0.3 is 4.74 Å². The van der Waals surface area contributed by atoms with Crippen LogP contribution in [0.2, 0.25) is 5.02 Å². The second-order valence-electron chi connectivity index (χ2n) is 4.80. The van der Waals surface area contributed by atoms with Gasteiger partial charge in [0.25, 0.3) is 0 Å².